The van der Waals surface area contributed by atoms with Crippen molar-refractivity contribution in [3.05, 3.63) is 34.9 Å². The van der Waals surface area contributed by atoms with Gasteiger partial charge in [0.1, 0.15) is 0 Å². The third kappa shape index (κ3) is 2.47. The summed E-state index contributed by atoms with van der Waals surface area (Å²) in [6.45, 7) is 4.05. The fourth-order valence-corrected chi connectivity index (χ4v) is 5.08. The average Bonchev–Trinajstić information content (AvgIpc) is 3.18. The lowest BCUT2D eigenvalue weighted by molar-refractivity contribution is 0.0722. The van der Waals surface area contributed by atoms with Gasteiger partial charge in [0.2, 0.25) is 0 Å². The molecule has 1 saturated heterocycles. The molecule has 0 spiro atoms. The number of rotatable bonds is 2. The molecular weight excluding hydrogens is 270 g/mol. The van der Waals surface area contributed by atoms with Gasteiger partial charge in [0, 0.05) is 18.7 Å². The van der Waals surface area contributed by atoms with Gasteiger partial charge in [0.25, 0.3) is 5.91 Å². The Hall–Kier alpha value is -1.31. The van der Waals surface area contributed by atoms with E-state index in [-0.39, 0.29) is 5.91 Å². The molecule has 1 amide bonds. The van der Waals surface area contributed by atoms with Crippen LogP contribution in [0.15, 0.2) is 18.2 Å². The highest BCUT2D eigenvalue weighted by Gasteiger charge is 2.41. The second-order valence-corrected chi connectivity index (χ2v) is 7.72. The summed E-state index contributed by atoms with van der Waals surface area (Å²) in [5.41, 5.74) is 3.67. The average molecular weight is 297 g/mol. The second-order valence-electron chi connectivity index (χ2n) is 7.72. The van der Waals surface area contributed by atoms with E-state index in [0.29, 0.717) is 5.92 Å². The summed E-state index contributed by atoms with van der Waals surface area (Å²) >= 11 is 0. The van der Waals surface area contributed by atoms with Crippen LogP contribution in [0, 0.1) is 18.8 Å². The van der Waals surface area contributed by atoms with Gasteiger partial charge in [-0.05, 0) is 74.8 Å². The highest BCUT2D eigenvalue weighted by atomic mass is 16.2. The predicted molar refractivity (Wildman–Crippen MR) is 89.1 cm³/mol. The number of fused-ring (bicyclic) bond motifs is 2. The number of likely N-dealkylation sites (tertiary alicyclic amines) is 1. The van der Waals surface area contributed by atoms with Crippen molar-refractivity contribution in [3.63, 3.8) is 0 Å². The Balaban J connectivity index is 1.65. The van der Waals surface area contributed by atoms with Gasteiger partial charge >= 0.3 is 0 Å². The molecule has 2 nitrogen and oxygen atoms in total. The molecule has 2 bridgehead atoms. The van der Waals surface area contributed by atoms with E-state index in [1.54, 1.807) is 0 Å². The van der Waals surface area contributed by atoms with Crippen molar-refractivity contribution in [2.75, 3.05) is 13.1 Å². The third-order valence-electron chi connectivity index (χ3n) is 6.22. The van der Waals surface area contributed by atoms with Gasteiger partial charge in [-0.2, -0.15) is 0 Å². The number of hydrogen-bond donors (Lipinski definition) is 0. The van der Waals surface area contributed by atoms with Crippen LogP contribution < -0.4 is 0 Å². The summed E-state index contributed by atoms with van der Waals surface area (Å²) in [5, 5.41) is 0. The van der Waals surface area contributed by atoms with Crippen molar-refractivity contribution in [1.29, 1.82) is 0 Å². The Labute approximate surface area is 133 Å². The SMILES string of the molecule is Cc1ccc(C(=O)N2CCCCC2)c(C2CC3CCC2C3)c1. The van der Waals surface area contributed by atoms with Crippen LogP contribution in [0.25, 0.3) is 0 Å². The number of carbonyl (C=O) groups is 1. The lowest BCUT2D eigenvalue weighted by atomic mass is 9.80. The normalized spacial score (nSPS) is 30.8. The minimum absolute atomic E-state index is 0.289. The first-order valence-corrected chi connectivity index (χ1v) is 9.12. The van der Waals surface area contributed by atoms with Gasteiger partial charge < -0.3 is 4.90 Å². The van der Waals surface area contributed by atoms with Crippen LogP contribution in [0.5, 0.6) is 0 Å². The maximum Gasteiger partial charge on any atom is 0.254 e. The number of hydrogen-bond acceptors (Lipinski definition) is 1. The first-order chi connectivity index (χ1) is 10.7. The summed E-state index contributed by atoms with van der Waals surface area (Å²) in [6, 6.07) is 6.53. The van der Waals surface area contributed by atoms with E-state index >= 15 is 0 Å². The zero-order chi connectivity index (χ0) is 15.1. The molecule has 3 atom stereocenters. The predicted octanol–water partition coefficient (Wildman–Crippen LogP) is 4.52. The first-order valence-electron chi connectivity index (χ1n) is 9.12. The van der Waals surface area contributed by atoms with Gasteiger partial charge in [0.15, 0.2) is 0 Å². The smallest absolute Gasteiger partial charge is 0.254 e. The molecular formula is C20H27NO. The van der Waals surface area contributed by atoms with E-state index in [4.69, 9.17) is 0 Å². The van der Waals surface area contributed by atoms with Gasteiger partial charge in [-0.3, -0.25) is 4.79 Å². The zero-order valence-electron chi connectivity index (χ0n) is 13.7. The van der Waals surface area contributed by atoms with Crippen LogP contribution in [-0.2, 0) is 0 Å². The monoisotopic (exact) mass is 297 g/mol. The zero-order valence-corrected chi connectivity index (χ0v) is 13.7. The number of aryl methyl sites for hydroxylation is 1. The fraction of sp³-hybridized carbons (Fsp3) is 0.650. The van der Waals surface area contributed by atoms with E-state index in [2.05, 4.69) is 30.0 Å². The number of carbonyl (C=O) groups excluding carboxylic acids is 1. The van der Waals surface area contributed by atoms with Gasteiger partial charge in [0.05, 0.1) is 0 Å². The molecule has 4 rings (SSSR count). The van der Waals surface area contributed by atoms with Crippen LogP contribution in [0.3, 0.4) is 0 Å². The quantitative estimate of drug-likeness (QED) is 0.785. The van der Waals surface area contributed by atoms with E-state index < -0.39 is 0 Å². The fourth-order valence-electron chi connectivity index (χ4n) is 5.08. The Bertz CT molecular complexity index is 573. The van der Waals surface area contributed by atoms with Crippen LogP contribution in [0.4, 0.5) is 0 Å². The molecule has 2 heteroatoms. The van der Waals surface area contributed by atoms with E-state index in [1.165, 1.54) is 56.1 Å². The lowest BCUT2D eigenvalue weighted by Gasteiger charge is -2.30. The van der Waals surface area contributed by atoms with Crippen molar-refractivity contribution < 1.29 is 4.79 Å². The van der Waals surface area contributed by atoms with Gasteiger partial charge in [-0.15, -0.1) is 0 Å². The maximum atomic E-state index is 13.0. The van der Waals surface area contributed by atoms with Gasteiger partial charge in [-0.25, -0.2) is 0 Å². The minimum atomic E-state index is 0.289. The van der Waals surface area contributed by atoms with Crippen molar-refractivity contribution in [3.8, 4) is 0 Å². The molecule has 2 aliphatic carbocycles. The first kappa shape index (κ1) is 14.3. The second kappa shape index (κ2) is 5.72. The highest BCUT2D eigenvalue weighted by molar-refractivity contribution is 5.96. The molecule has 3 unspecified atom stereocenters. The van der Waals surface area contributed by atoms with E-state index in [1.807, 2.05) is 0 Å². The molecule has 0 radical (unpaired) electrons. The highest BCUT2D eigenvalue weighted by Crippen LogP contribution is 2.53. The Kier molecular flexibility index (Phi) is 3.71. The number of piperidine rings is 1. The molecule has 3 fully saturated rings. The Morgan fingerprint density at radius 1 is 1.09 bits per heavy atom. The number of amides is 1. The Morgan fingerprint density at radius 2 is 1.91 bits per heavy atom. The summed E-state index contributed by atoms with van der Waals surface area (Å²) < 4.78 is 0. The molecule has 2 saturated carbocycles. The molecule has 0 N–H and O–H groups in total. The van der Waals surface area contributed by atoms with Crippen LogP contribution in [-0.4, -0.2) is 23.9 Å². The third-order valence-corrected chi connectivity index (χ3v) is 6.22. The molecule has 3 aliphatic rings. The maximum absolute atomic E-state index is 13.0. The summed E-state index contributed by atoms with van der Waals surface area (Å²) in [7, 11) is 0. The summed E-state index contributed by atoms with van der Waals surface area (Å²) in [6.07, 6.45) is 9.12. The minimum Gasteiger partial charge on any atom is -0.339 e. The van der Waals surface area contributed by atoms with E-state index in [0.717, 1.165) is 30.5 Å². The Morgan fingerprint density at radius 3 is 2.59 bits per heavy atom. The van der Waals surface area contributed by atoms with Gasteiger partial charge in [-0.1, -0.05) is 24.1 Å². The van der Waals surface area contributed by atoms with E-state index in [9.17, 15) is 4.79 Å². The van der Waals surface area contributed by atoms with Crippen molar-refractivity contribution >= 4 is 5.91 Å². The van der Waals surface area contributed by atoms with Crippen LogP contribution >= 0.6 is 0 Å². The summed E-state index contributed by atoms with van der Waals surface area (Å²) in [4.78, 5) is 15.1. The summed E-state index contributed by atoms with van der Waals surface area (Å²) in [5.74, 6) is 2.69. The van der Waals surface area contributed by atoms with Crippen LogP contribution in [0.1, 0.15) is 72.3 Å². The molecule has 1 aromatic rings. The molecule has 1 heterocycles. The largest absolute Gasteiger partial charge is 0.339 e. The molecule has 1 aromatic carbocycles. The molecule has 22 heavy (non-hydrogen) atoms. The topological polar surface area (TPSA) is 20.3 Å². The number of nitrogens with zero attached hydrogens (tertiary/aromatic N) is 1. The van der Waals surface area contributed by atoms with Crippen LogP contribution in [0.2, 0.25) is 0 Å². The van der Waals surface area contributed by atoms with Crippen molar-refractivity contribution in [1.82, 2.24) is 4.90 Å². The number of benzene rings is 1. The standard InChI is InChI=1S/C20H27NO/c1-14-5-8-17(20(22)21-9-3-2-4-10-21)19(11-14)18-13-15-6-7-16(18)12-15/h5,8,11,15-16,18H,2-4,6-7,9-10,12-13H2,1H3. The molecule has 0 aromatic heterocycles. The molecule has 1 aliphatic heterocycles. The van der Waals surface area contributed by atoms with Crippen molar-refractivity contribution in [2.24, 2.45) is 11.8 Å². The lowest BCUT2D eigenvalue weighted by Crippen LogP contribution is -2.36. The molecule has 118 valence electrons. The van der Waals surface area contributed by atoms with Crippen molar-refractivity contribution in [2.45, 2.75) is 57.8 Å².